The van der Waals surface area contributed by atoms with E-state index in [-0.39, 0.29) is 5.41 Å². The summed E-state index contributed by atoms with van der Waals surface area (Å²) in [5, 5.41) is 2.43. The first-order valence-corrected chi connectivity index (χ1v) is 20.5. The van der Waals surface area contributed by atoms with Crippen molar-refractivity contribution in [2.75, 3.05) is 4.90 Å². The highest BCUT2D eigenvalue weighted by Gasteiger charge is 2.36. The number of hydrogen-bond acceptors (Lipinski definition) is 1. The molecule has 0 aliphatic heterocycles. The molecular formula is C57H42N2. The Morgan fingerprint density at radius 2 is 0.915 bits per heavy atom. The van der Waals surface area contributed by atoms with Gasteiger partial charge in [0.25, 0.3) is 0 Å². The van der Waals surface area contributed by atoms with Gasteiger partial charge in [-0.2, -0.15) is 0 Å². The van der Waals surface area contributed by atoms with Crippen molar-refractivity contribution in [1.82, 2.24) is 4.57 Å². The zero-order chi connectivity index (χ0) is 39.5. The quantitative estimate of drug-likeness (QED) is 0.157. The van der Waals surface area contributed by atoms with Crippen molar-refractivity contribution >= 4 is 38.9 Å². The molecule has 0 atom stereocenters. The van der Waals surface area contributed by atoms with Crippen LogP contribution in [0.25, 0.3) is 72.0 Å². The zero-order valence-corrected chi connectivity index (χ0v) is 33.2. The molecular weight excluding hydrogens is 713 g/mol. The molecule has 1 heterocycles. The molecule has 0 bridgehead atoms. The standard InChI is InChI=1S/C57H42N2/c1-57(2)50-30-14-11-28-47(50)48-36-35-43(38-51(48)57)58(42-24-17-23-41(37-42)45-26-10-9-25-44(45)39-19-5-3-6-20-39)54-33-18-34-55-56(54)49-29-13-16-32-53(49)59(55)52-31-15-12-27-46(52)40-21-7-4-8-22-40/h3-38H,1-2H3. The lowest BCUT2D eigenvalue weighted by Gasteiger charge is -2.29. The first kappa shape index (κ1) is 34.8. The van der Waals surface area contributed by atoms with Crippen LogP contribution >= 0.6 is 0 Å². The fourth-order valence-electron chi connectivity index (χ4n) is 9.65. The molecule has 11 rings (SSSR count). The van der Waals surface area contributed by atoms with E-state index < -0.39 is 0 Å². The molecule has 2 heteroatoms. The Morgan fingerprint density at radius 1 is 0.373 bits per heavy atom. The number of anilines is 3. The van der Waals surface area contributed by atoms with E-state index in [1.807, 2.05) is 0 Å². The summed E-state index contributed by atoms with van der Waals surface area (Å²) in [7, 11) is 0. The third-order valence-corrected chi connectivity index (χ3v) is 12.4. The Bertz CT molecular complexity index is 3190. The third kappa shape index (κ3) is 5.63. The van der Waals surface area contributed by atoms with E-state index in [1.165, 1.54) is 71.9 Å². The molecule has 1 aliphatic carbocycles. The molecule has 1 aromatic heterocycles. The highest BCUT2D eigenvalue weighted by Crippen LogP contribution is 2.52. The van der Waals surface area contributed by atoms with Crippen molar-refractivity contribution in [3.8, 4) is 50.2 Å². The third-order valence-electron chi connectivity index (χ3n) is 12.4. The van der Waals surface area contributed by atoms with Crippen molar-refractivity contribution in [3.63, 3.8) is 0 Å². The van der Waals surface area contributed by atoms with Crippen LogP contribution in [-0.2, 0) is 5.41 Å². The van der Waals surface area contributed by atoms with Crippen molar-refractivity contribution in [1.29, 1.82) is 0 Å². The summed E-state index contributed by atoms with van der Waals surface area (Å²) in [4.78, 5) is 2.50. The second kappa shape index (κ2) is 13.9. The lowest BCUT2D eigenvalue weighted by molar-refractivity contribution is 0.660. The number of benzene rings is 9. The van der Waals surface area contributed by atoms with E-state index in [4.69, 9.17) is 0 Å². The number of fused-ring (bicyclic) bond motifs is 6. The van der Waals surface area contributed by atoms with Gasteiger partial charge in [-0.3, -0.25) is 0 Å². The van der Waals surface area contributed by atoms with Gasteiger partial charge in [0.2, 0.25) is 0 Å². The van der Waals surface area contributed by atoms with E-state index in [2.05, 4.69) is 242 Å². The number of aromatic nitrogens is 1. The lowest BCUT2D eigenvalue weighted by Crippen LogP contribution is -2.16. The van der Waals surface area contributed by atoms with Crippen molar-refractivity contribution < 1.29 is 0 Å². The fraction of sp³-hybridized carbons (Fsp3) is 0.0526. The van der Waals surface area contributed by atoms with Gasteiger partial charge in [0.15, 0.2) is 0 Å². The van der Waals surface area contributed by atoms with Gasteiger partial charge in [0.05, 0.1) is 22.4 Å². The average molecular weight is 755 g/mol. The van der Waals surface area contributed by atoms with Gasteiger partial charge in [0.1, 0.15) is 0 Å². The normalized spacial score (nSPS) is 12.7. The first-order chi connectivity index (χ1) is 29.1. The molecule has 0 saturated heterocycles. The fourth-order valence-corrected chi connectivity index (χ4v) is 9.65. The van der Waals surface area contributed by atoms with E-state index in [9.17, 15) is 0 Å². The van der Waals surface area contributed by atoms with Crippen LogP contribution in [0.5, 0.6) is 0 Å². The van der Waals surface area contributed by atoms with Gasteiger partial charge in [-0.05, 0) is 98.6 Å². The molecule has 9 aromatic carbocycles. The van der Waals surface area contributed by atoms with Gasteiger partial charge in [-0.25, -0.2) is 0 Å². The summed E-state index contributed by atoms with van der Waals surface area (Å²) in [5.41, 5.74) is 19.3. The van der Waals surface area contributed by atoms with E-state index in [0.717, 1.165) is 28.3 Å². The van der Waals surface area contributed by atoms with Crippen LogP contribution in [0.3, 0.4) is 0 Å². The van der Waals surface area contributed by atoms with Gasteiger partial charge in [0, 0.05) is 33.1 Å². The number of para-hydroxylation sites is 2. The van der Waals surface area contributed by atoms with Crippen molar-refractivity contribution in [3.05, 3.63) is 230 Å². The summed E-state index contributed by atoms with van der Waals surface area (Å²) >= 11 is 0. The zero-order valence-electron chi connectivity index (χ0n) is 33.2. The van der Waals surface area contributed by atoms with Gasteiger partial charge < -0.3 is 9.47 Å². The Hall–Kier alpha value is -7.42. The second-order valence-electron chi connectivity index (χ2n) is 16.1. The number of rotatable bonds is 7. The molecule has 0 spiro atoms. The molecule has 10 aromatic rings. The minimum absolute atomic E-state index is 0.146. The van der Waals surface area contributed by atoms with Gasteiger partial charge >= 0.3 is 0 Å². The van der Waals surface area contributed by atoms with Crippen LogP contribution < -0.4 is 4.90 Å². The van der Waals surface area contributed by atoms with Gasteiger partial charge in [-0.1, -0.05) is 184 Å². The van der Waals surface area contributed by atoms with E-state index in [0.29, 0.717) is 0 Å². The molecule has 0 saturated carbocycles. The molecule has 0 amide bonds. The van der Waals surface area contributed by atoms with Crippen molar-refractivity contribution in [2.45, 2.75) is 19.3 Å². The largest absolute Gasteiger partial charge is 0.310 e. The summed E-state index contributed by atoms with van der Waals surface area (Å²) in [6.45, 7) is 4.73. The summed E-state index contributed by atoms with van der Waals surface area (Å²) < 4.78 is 2.46. The maximum atomic E-state index is 2.50. The predicted molar refractivity (Wildman–Crippen MR) is 249 cm³/mol. The first-order valence-electron chi connectivity index (χ1n) is 20.5. The van der Waals surface area contributed by atoms with Crippen molar-refractivity contribution in [2.24, 2.45) is 0 Å². The van der Waals surface area contributed by atoms with Gasteiger partial charge in [-0.15, -0.1) is 0 Å². The maximum absolute atomic E-state index is 2.50. The lowest BCUT2D eigenvalue weighted by atomic mass is 9.82. The number of nitrogens with zero attached hydrogens (tertiary/aromatic N) is 2. The smallest absolute Gasteiger partial charge is 0.0562 e. The Kier molecular flexibility index (Phi) is 8.20. The summed E-state index contributed by atoms with van der Waals surface area (Å²) in [5.74, 6) is 0. The highest BCUT2D eigenvalue weighted by atomic mass is 15.1. The molecule has 2 nitrogen and oxygen atoms in total. The SMILES string of the molecule is CC1(C)c2ccccc2-c2ccc(N(c3cccc(-c4ccccc4-c4ccccc4)c3)c3cccc4c3c3ccccc3n4-c3ccccc3-c3ccccc3)cc21. The summed E-state index contributed by atoms with van der Waals surface area (Å²) in [6, 6.07) is 79.9. The predicted octanol–water partition coefficient (Wildman–Crippen LogP) is 15.6. The highest BCUT2D eigenvalue weighted by molar-refractivity contribution is 6.17. The van der Waals surface area contributed by atoms with Crippen LogP contribution in [-0.4, -0.2) is 4.57 Å². The molecule has 280 valence electrons. The van der Waals surface area contributed by atoms with Crippen LogP contribution in [0, 0.1) is 0 Å². The second-order valence-corrected chi connectivity index (χ2v) is 16.1. The summed E-state index contributed by atoms with van der Waals surface area (Å²) in [6.07, 6.45) is 0. The van der Waals surface area contributed by atoms with Crippen LogP contribution in [0.4, 0.5) is 17.1 Å². The molecule has 1 aliphatic rings. The number of hydrogen-bond donors (Lipinski definition) is 0. The average Bonchev–Trinajstić information content (AvgIpc) is 3.76. The van der Waals surface area contributed by atoms with E-state index >= 15 is 0 Å². The maximum Gasteiger partial charge on any atom is 0.0562 e. The Balaban J connectivity index is 1.18. The minimum atomic E-state index is -0.146. The molecule has 0 fully saturated rings. The minimum Gasteiger partial charge on any atom is -0.310 e. The Morgan fingerprint density at radius 3 is 1.69 bits per heavy atom. The van der Waals surface area contributed by atoms with E-state index in [1.54, 1.807) is 0 Å². The van der Waals surface area contributed by atoms with Crippen LogP contribution in [0.2, 0.25) is 0 Å². The molecule has 0 radical (unpaired) electrons. The van der Waals surface area contributed by atoms with Crippen LogP contribution in [0.1, 0.15) is 25.0 Å². The Labute approximate surface area is 345 Å². The molecule has 59 heavy (non-hydrogen) atoms. The van der Waals surface area contributed by atoms with Crippen LogP contribution in [0.15, 0.2) is 218 Å². The molecule has 0 unspecified atom stereocenters. The molecule has 0 N–H and O–H groups in total. The topological polar surface area (TPSA) is 8.17 Å². The monoisotopic (exact) mass is 754 g/mol.